The molecule has 0 amide bonds. The number of piperidine rings is 1. The Balaban J connectivity index is 1.34. The van der Waals surface area contributed by atoms with Crippen LogP contribution in [-0.4, -0.2) is 42.5 Å². The summed E-state index contributed by atoms with van der Waals surface area (Å²) in [6, 6.07) is 13.6. The minimum atomic E-state index is -4.07. The molecule has 0 bridgehead atoms. The van der Waals surface area contributed by atoms with Crippen molar-refractivity contribution in [3.63, 3.8) is 0 Å². The van der Waals surface area contributed by atoms with Gasteiger partial charge in [-0.1, -0.05) is 23.7 Å². The summed E-state index contributed by atoms with van der Waals surface area (Å²) in [6.45, 7) is 1.77. The summed E-state index contributed by atoms with van der Waals surface area (Å²) in [5, 5.41) is 6.98. The number of halogens is 3. The summed E-state index contributed by atoms with van der Waals surface area (Å²) in [5.41, 5.74) is 0.732. The van der Waals surface area contributed by atoms with Gasteiger partial charge < -0.3 is 15.4 Å². The highest BCUT2D eigenvalue weighted by Crippen LogP contribution is 2.34. The fourth-order valence-corrected chi connectivity index (χ4v) is 5.64. The first-order valence-electron chi connectivity index (χ1n) is 12.4. The third kappa shape index (κ3) is 6.82. The average molecular weight is 587 g/mol. The Morgan fingerprint density at radius 3 is 2.73 bits per heavy atom. The molecular weight excluding hydrogens is 562 g/mol. The first-order chi connectivity index (χ1) is 19.3. The maximum Gasteiger partial charge on any atom is 0.237 e. The number of benzene rings is 2. The first-order valence-corrected chi connectivity index (χ1v) is 14.5. The lowest BCUT2D eigenvalue weighted by Gasteiger charge is -2.23. The standard InChI is InChI=1S/C27H25ClF2N6O3S/c28-18-5-1-4-17(14-18)16-40(37,38)36-22-8-9-23(25(30)24(22)29)39-26-20(7-3-12-32-26)21-10-13-33-27(35-21)34-19-6-2-11-31-15-19/h1,3-5,7-10,12-14,19,31,36H,2,6,11,15-16H2,(H,33,34,35)/t19-/m0/s1. The lowest BCUT2D eigenvalue weighted by Crippen LogP contribution is -2.38. The van der Waals surface area contributed by atoms with E-state index in [2.05, 4.69) is 30.3 Å². The molecule has 208 valence electrons. The Kier molecular flexibility index (Phi) is 8.38. The van der Waals surface area contributed by atoms with Crippen molar-refractivity contribution in [2.45, 2.75) is 24.6 Å². The van der Waals surface area contributed by atoms with E-state index in [9.17, 15) is 12.8 Å². The molecule has 0 unspecified atom stereocenters. The molecule has 0 saturated carbocycles. The quantitative estimate of drug-likeness (QED) is 0.240. The Morgan fingerprint density at radius 2 is 1.93 bits per heavy atom. The van der Waals surface area contributed by atoms with E-state index in [4.69, 9.17) is 16.3 Å². The summed E-state index contributed by atoms with van der Waals surface area (Å²) in [7, 11) is -4.07. The number of anilines is 2. The molecule has 40 heavy (non-hydrogen) atoms. The Hall–Kier alpha value is -3.87. The summed E-state index contributed by atoms with van der Waals surface area (Å²) in [5.74, 6) is -3.34. The molecule has 1 aliphatic rings. The molecule has 13 heteroatoms. The van der Waals surface area contributed by atoms with Crippen LogP contribution in [0.4, 0.5) is 20.4 Å². The van der Waals surface area contributed by atoms with E-state index in [1.54, 1.807) is 42.6 Å². The van der Waals surface area contributed by atoms with Crippen LogP contribution in [0, 0.1) is 11.6 Å². The largest absolute Gasteiger partial charge is 0.435 e. The van der Waals surface area contributed by atoms with E-state index < -0.39 is 38.8 Å². The van der Waals surface area contributed by atoms with Gasteiger partial charge in [0, 0.05) is 30.0 Å². The SMILES string of the molecule is O=S(=O)(Cc1cccc(Cl)c1)Nc1ccc(Oc2ncccc2-c2ccnc(N[C@H]3CCCNC3)n2)c(F)c1F. The van der Waals surface area contributed by atoms with Crippen molar-refractivity contribution in [1.29, 1.82) is 0 Å². The van der Waals surface area contributed by atoms with Gasteiger partial charge >= 0.3 is 0 Å². The van der Waals surface area contributed by atoms with Crippen molar-refractivity contribution in [2.75, 3.05) is 23.1 Å². The van der Waals surface area contributed by atoms with Crippen molar-refractivity contribution >= 4 is 33.3 Å². The van der Waals surface area contributed by atoms with Crippen molar-refractivity contribution in [3.05, 3.63) is 89.2 Å². The second-order valence-electron chi connectivity index (χ2n) is 9.14. The average Bonchev–Trinajstić information content (AvgIpc) is 2.93. The van der Waals surface area contributed by atoms with Gasteiger partial charge in [0.25, 0.3) is 0 Å². The molecule has 0 radical (unpaired) electrons. The Bertz CT molecular complexity index is 1620. The van der Waals surface area contributed by atoms with Crippen molar-refractivity contribution in [3.8, 4) is 22.9 Å². The molecule has 3 heterocycles. The zero-order valence-corrected chi connectivity index (χ0v) is 22.6. The third-order valence-electron chi connectivity index (χ3n) is 6.10. The lowest BCUT2D eigenvalue weighted by atomic mass is 10.1. The van der Waals surface area contributed by atoms with Crippen LogP contribution in [0.3, 0.4) is 0 Å². The molecule has 0 aliphatic carbocycles. The van der Waals surface area contributed by atoms with Gasteiger partial charge in [-0.2, -0.15) is 4.39 Å². The van der Waals surface area contributed by atoms with E-state index in [1.165, 1.54) is 12.3 Å². The molecule has 0 spiro atoms. The molecule has 1 fully saturated rings. The summed E-state index contributed by atoms with van der Waals surface area (Å²) >= 11 is 5.91. The predicted molar refractivity (Wildman–Crippen MR) is 149 cm³/mol. The number of nitrogens with one attached hydrogen (secondary N) is 3. The monoisotopic (exact) mass is 586 g/mol. The minimum Gasteiger partial charge on any atom is -0.435 e. The molecule has 1 aliphatic heterocycles. The number of hydrogen-bond donors (Lipinski definition) is 3. The van der Waals surface area contributed by atoms with E-state index in [1.807, 2.05) is 0 Å². The topological polar surface area (TPSA) is 118 Å². The maximum atomic E-state index is 15.0. The fourth-order valence-electron chi connectivity index (χ4n) is 4.25. The van der Waals surface area contributed by atoms with Gasteiger partial charge in [-0.15, -0.1) is 0 Å². The van der Waals surface area contributed by atoms with E-state index >= 15 is 4.39 Å². The van der Waals surface area contributed by atoms with E-state index in [-0.39, 0.29) is 11.9 Å². The van der Waals surface area contributed by atoms with Crippen LogP contribution < -0.4 is 20.1 Å². The highest BCUT2D eigenvalue weighted by Gasteiger charge is 2.22. The van der Waals surface area contributed by atoms with Crippen LogP contribution in [0.1, 0.15) is 18.4 Å². The normalized spacial score (nSPS) is 15.4. The van der Waals surface area contributed by atoms with Crippen LogP contribution in [0.25, 0.3) is 11.3 Å². The Morgan fingerprint density at radius 1 is 1.05 bits per heavy atom. The third-order valence-corrected chi connectivity index (χ3v) is 7.58. The number of nitrogens with zero attached hydrogens (tertiary/aromatic N) is 3. The molecular formula is C27H25ClF2N6O3S. The number of hydrogen-bond acceptors (Lipinski definition) is 8. The van der Waals surface area contributed by atoms with Gasteiger partial charge in [0.1, 0.15) is 0 Å². The molecule has 1 saturated heterocycles. The first kappa shape index (κ1) is 27.7. The summed E-state index contributed by atoms with van der Waals surface area (Å²) in [6.07, 6.45) is 5.06. The number of ether oxygens (including phenoxy) is 1. The molecule has 5 rings (SSSR count). The van der Waals surface area contributed by atoms with Gasteiger partial charge in [-0.3, -0.25) is 4.72 Å². The summed E-state index contributed by atoms with van der Waals surface area (Å²) in [4.78, 5) is 13.0. The van der Waals surface area contributed by atoms with Crippen LogP contribution in [0.5, 0.6) is 11.6 Å². The smallest absolute Gasteiger partial charge is 0.237 e. The predicted octanol–water partition coefficient (Wildman–Crippen LogP) is 5.37. The molecule has 2 aromatic heterocycles. The molecule has 9 nitrogen and oxygen atoms in total. The van der Waals surface area contributed by atoms with Crippen LogP contribution >= 0.6 is 11.6 Å². The second kappa shape index (κ2) is 12.1. The molecule has 1 atom stereocenters. The number of rotatable bonds is 9. The number of aromatic nitrogens is 3. The van der Waals surface area contributed by atoms with Gasteiger partial charge in [0.05, 0.1) is 22.7 Å². The van der Waals surface area contributed by atoms with Crippen LogP contribution in [-0.2, 0) is 15.8 Å². The van der Waals surface area contributed by atoms with Crippen molar-refractivity contribution in [1.82, 2.24) is 20.3 Å². The van der Waals surface area contributed by atoms with E-state index in [0.29, 0.717) is 27.8 Å². The molecule has 3 N–H and O–H groups in total. The summed E-state index contributed by atoms with van der Waals surface area (Å²) < 4.78 is 62.8. The van der Waals surface area contributed by atoms with Gasteiger partial charge in [0.2, 0.25) is 27.7 Å². The van der Waals surface area contributed by atoms with Gasteiger partial charge in [-0.05, 0) is 67.4 Å². The zero-order valence-electron chi connectivity index (χ0n) is 21.1. The van der Waals surface area contributed by atoms with Crippen molar-refractivity contribution in [2.24, 2.45) is 0 Å². The number of sulfonamides is 1. The Labute approximate surface area is 235 Å². The highest BCUT2D eigenvalue weighted by molar-refractivity contribution is 7.91. The molecule has 2 aromatic carbocycles. The minimum absolute atomic E-state index is 0.0147. The zero-order chi connectivity index (χ0) is 28.1. The second-order valence-corrected chi connectivity index (χ2v) is 11.3. The van der Waals surface area contributed by atoms with Crippen LogP contribution in [0.15, 0.2) is 67.0 Å². The van der Waals surface area contributed by atoms with Gasteiger partial charge in [0.15, 0.2) is 11.6 Å². The van der Waals surface area contributed by atoms with E-state index in [0.717, 1.165) is 38.1 Å². The lowest BCUT2D eigenvalue weighted by molar-refractivity contribution is 0.407. The molecule has 4 aromatic rings. The van der Waals surface area contributed by atoms with Crippen LogP contribution in [0.2, 0.25) is 5.02 Å². The fraction of sp³-hybridized carbons (Fsp3) is 0.222. The van der Waals surface area contributed by atoms with Gasteiger partial charge in [-0.25, -0.2) is 27.8 Å². The number of pyridine rings is 1. The highest BCUT2D eigenvalue weighted by atomic mass is 35.5. The maximum absolute atomic E-state index is 15.0. The van der Waals surface area contributed by atoms with Crippen molar-refractivity contribution < 1.29 is 21.9 Å².